The molecular formula is C30H49IO2. The first-order valence-electron chi connectivity index (χ1n) is 14.1. The molecule has 3 heteroatoms. The summed E-state index contributed by atoms with van der Waals surface area (Å²) in [5, 5.41) is 0. The molecule has 0 aliphatic heterocycles. The maximum atomic E-state index is 12.2. The van der Waals surface area contributed by atoms with E-state index in [-0.39, 0.29) is 16.0 Å². The fraction of sp³-hybridized carbons (Fsp3) is 0.900. The lowest BCUT2D eigenvalue weighted by molar-refractivity contribution is -0.150. The molecule has 0 spiro atoms. The van der Waals surface area contributed by atoms with Crippen molar-refractivity contribution in [3.63, 3.8) is 0 Å². The van der Waals surface area contributed by atoms with Crippen molar-refractivity contribution < 1.29 is 9.53 Å². The number of carbonyl (C=O) groups excluding carboxylic acids is 1. The lowest BCUT2D eigenvalue weighted by Gasteiger charge is -2.58. The minimum absolute atomic E-state index is 0.0357. The number of carbonyl (C=O) groups is 1. The quantitative estimate of drug-likeness (QED) is 0.133. The number of alkyl halides is 1. The lowest BCUT2D eigenvalue weighted by atomic mass is 9.47. The van der Waals surface area contributed by atoms with Crippen molar-refractivity contribution in [2.24, 2.45) is 46.3 Å². The minimum atomic E-state index is -0.0558. The molecule has 0 N–H and O–H groups in total. The molecular weight excluding hydrogens is 519 g/mol. The van der Waals surface area contributed by atoms with Gasteiger partial charge in [-0.3, -0.25) is 4.79 Å². The van der Waals surface area contributed by atoms with Gasteiger partial charge in [-0.05, 0) is 98.2 Å². The number of hydrogen-bond acceptors (Lipinski definition) is 2. The van der Waals surface area contributed by atoms with E-state index in [1.165, 1.54) is 57.8 Å². The Bertz CT molecular complexity index is 742. The topological polar surface area (TPSA) is 26.3 Å². The number of ether oxygens (including phenoxy) is 1. The molecule has 0 heterocycles. The van der Waals surface area contributed by atoms with Crippen LogP contribution < -0.4 is 0 Å². The largest absolute Gasteiger partial charge is 0.461 e. The van der Waals surface area contributed by atoms with Crippen LogP contribution >= 0.6 is 22.6 Å². The van der Waals surface area contributed by atoms with Crippen molar-refractivity contribution >= 4 is 28.6 Å². The zero-order chi connectivity index (χ0) is 24.0. The summed E-state index contributed by atoms with van der Waals surface area (Å²) in [4.78, 5) is 12.2. The van der Waals surface area contributed by atoms with E-state index >= 15 is 0 Å². The van der Waals surface area contributed by atoms with E-state index in [0.29, 0.717) is 10.8 Å². The van der Waals surface area contributed by atoms with Crippen LogP contribution in [0, 0.1) is 46.3 Å². The Hall–Kier alpha value is -0.0600. The Morgan fingerprint density at radius 3 is 2.52 bits per heavy atom. The SMILES string of the molecule is CC(C)CCC[C@H](C)[C@@H]1CC[C@@H]2[C@H]3CC=C4C[C@@H](OC(=O)[C@H](C)I)CC[C@]4(C)[C@@H]3CC[C@@]21C. The highest BCUT2D eigenvalue weighted by atomic mass is 127. The Morgan fingerprint density at radius 1 is 1.06 bits per heavy atom. The fourth-order valence-corrected chi connectivity index (χ4v) is 9.16. The molecule has 4 rings (SSSR count). The summed E-state index contributed by atoms with van der Waals surface area (Å²) in [5.74, 6) is 5.24. The summed E-state index contributed by atoms with van der Waals surface area (Å²) < 4.78 is 5.81. The smallest absolute Gasteiger partial charge is 0.318 e. The van der Waals surface area contributed by atoms with Gasteiger partial charge in [0.1, 0.15) is 10.0 Å². The van der Waals surface area contributed by atoms with Crippen molar-refractivity contribution in [2.75, 3.05) is 0 Å². The van der Waals surface area contributed by atoms with E-state index in [1.807, 2.05) is 6.92 Å². The molecule has 0 aromatic carbocycles. The van der Waals surface area contributed by atoms with Gasteiger partial charge >= 0.3 is 5.97 Å². The molecule has 0 unspecified atom stereocenters. The molecule has 2 nitrogen and oxygen atoms in total. The van der Waals surface area contributed by atoms with Crippen LogP contribution in [0.25, 0.3) is 0 Å². The number of esters is 1. The molecule has 9 atom stereocenters. The highest BCUT2D eigenvalue weighted by molar-refractivity contribution is 14.1. The van der Waals surface area contributed by atoms with E-state index in [4.69, 9.17) is 4.74 Å². The maximum absolute atomic E-state index is 12.2. The van der Waals surface area contributed by atoms with Gasteiger partial charge in [0, 0.05) is 6.42 Å². The van der Waals surface area contributed by atoms with Gasteiger partial charge in [0.05, 0.1) is 0 Å². The molecule has 3 fully saturated rings. The monoisotopic (exact) mass is 568 g/mol. The number of allylic oxidation sites excluding steroid dienone is 1. The van der Waals surface area contributed by atoms with Crippen LogP contribution in [0.5, 0.6) is 0 Å². The third-order valence-corrected chi connectivity index (χ3v) is 11.4. The molecule has 4 aliphatic rings. The maximum Gasteiger partial charge on any atom is 0.318 e. The molecule has 0 bridgehead atoms. The third kappa shape index (κ3) is 4.96. The Balaban J connectivity index is 1.45. The van der Waals surface area contributed by atoms with Crippen LogP contribution in [-0.2, 0) is 9.53 Å². The van der Waals surface area contributed by atoms with Gasteiger partial charge in [-0.15, -0.1) is 0 Å². The first-order valence-corrected chi connectivity index (χ1v) is 15.3. The van der Waals surface area contributed by atoms with E-state index in [1.54, 1.807) is 5.57 Å². The summed E-state index contributed by atoms with van der Waals surface area (Å²) in [6, 6.07) is 0. The molecule has 0 saturated heterocycles. The number of hydrogen-bond donors (Lipinski definition) is 0. The fourth-order valence-electron chi connectivity index (χ4n) is 9.01. The first kappa shape index (κ1) is 26.0. The lowest BCUT2D eigenvalue weighted by Crippen LogP contribution is -2.51. The highest BCUT2D eigenvalue weighted by Crippen LogP contribution is 2.67. The minimum Gasteiger partial charge on any atom is -0.461 e. The predicted octanol–water partition coefficient (Wildman–Crippen LogP) is 8.76. The van der Waals surface area contributed by atoms with Gasteiger partial charge in [0.2, 0.25) is 0 Å². The second kappa shape index (κ2) is 10.1. The molecule has 0 amide bonds. The van der Waals surface area contributed by atoms with Gasteiger partial charge in [-0.1, -0.05) is 88.1 Å². The van der Waals surface area contributed by atoms with Crippen molar-refractivity contribution in [2.45, 2.75) is 122 Å². The molecule has 33 heavy (non-hydrogen) atoms. The zero-order valence-corrected chi connectivity index (χ0v) is 24.3. The van der Waals surface area contributed by atoms with Gasteiger partial charge in [-0.25, -0.2) is 0 Å². The van der Waals surface area contributed by atoms with Crippen molar-refractivity contribution in [3.05, 3.63) is 11.6 Å². The van der Waals surface area contributed by atoms with Crippen molar-refractivity contribution in [3.8, 4) is 0 Å². The molecule has 188 valence electrons. The zero-order valence-electron chi connectivity index (χ0n) is 22.2. The second-order valence-corrected chi connectivity index (χ2v) is 15.1. The number of fused-ring (bicyclic) bond motifs is 5. The summed E-state index contributed by atoms with van der Waals surface area (Å²) in [6.07, 6.45) is 17.2. The summed E-state index contributed by atoms with van der Waals surface area (Å²) in [5.41, 5.74) is 2.52. The Kier molecular flexibility index (Phi) is 7.99. The predicted molar refractivity (Wildman–Crippen MR) is 146 cm³/mol. The van der Waals surface area contributed by atoms with Crippen LogP contribution in [0.15, 0.2) is 11.6 Å². The molecule has 0 aromatic heterocycles. The van der Waals surface area contributed by atoms with Crippen molar-refractivity contribution in [1.29, 1.82) is 0 Å². The second-order valence-electron chi connectivity index (χ2n) is 13.2. The van der Waals surface area contributed by atoms with E-state index in [9.17, 15) is 4.79 Å². The standard InChI is InChI=1S/C30H49IO2/c1-19(2)8-7-9-20(3)25-12-13-26-24-11-10-22-18-23(33-28(32)21(4)31)14-16-29(22,5)27(24)15-17-30(25,26)6/h10,19-21,23-27H,7-9,11-18H2,1-6H3/t20-,21-,23-,24+,25-,26+,27+,29-,30+/m0/s1. The van der Waals surface area contributed by atoms with Gasteiger partial charge in [-0.2, -0.15) is 0 Å². The van der Waals surface area contributed by atoms with Crippen LogP contribution in [0.4, 0.5) is 0 Å². The summed E-state index contributed by atoms with van der Waals surface area (Å²) in [6.45, 7) is 14.5. The van der Waals surface area contributed by atoms with Crippen LogP contribution in [0.3, 0.4) is 0 Å². The van der Waals surface area contributed by atoms with Crippen LogP contribution in [-0.4, -0.2) is 16.0 Å². The normalized spacial score (nSPS) is 42.1. The average molecular weight is 569 g/mol. The van der Waals surface area contributed by atoms with Crippen molar-refractivity contribution in [1.82, 2.24) is 0 Å². The average Bonchev–Trinajstić information content (AvgIpc) is 3.11. The van der Waals surface area contributed by atoms with Gasteiger partial charge in [0.15, 0.2) is 0 Å². The molecule has 0 radical (unpaired) electrons. The third-order valence-electron chi connectivity index (χ3n) is 10.9. The van der Waals surface area contributed by atoms with Gasteiger partial charge in [0.25, 0.3) is 0 Å². The van der Waals surface area contributed by atoms with Crippen LogP contribution in [0.1, 0.15) is 112 Å². The molecule has 4 aliphatic carbocycles. The molecule has 0 aromatic rings. The van der Waals surface area contributed by atoms with E-state index in [0.717, 1.165) is 48.3 Å². The molecule has 3 saturated carbocycles. The van der Waals surface area contributed by atoms with Crippen LogP contribution in [0.2, 0.25) is 0 Å². The van der Waals surface area contributed by atoms with E-state index < -0.39 is 0 Å². The highest BCUT2D eigenvalue weighted by Gasteiger charge is 2.59. The summed E-state index contributed by atoms with van der Waals surface area (Å²) in [7, 11) is 0. The van der Waals surface area contributed by atoms with E-state index in [2.05, 4.69) is 63.3 Å². The van der Waals surface area contributed by atoms with Gasteiger partial charge < -0.3 is 4.74 Å². The first-order chi connectivity index (χ1) is 15.6. The Morgan fingerprint density at radius 2 is 1.82 bits per heavy atom. The Labute approximate surface area is 217 Å². The summed E-state index contributed by atoms with van der Waals surface area (Å²) >= 11 is 2.17. The number of rotatable bonds is 7. The number of halogens is 1.